The van der Waals surface area contributed by atoms with Crippen molar-refractivity contribution in [1.29, 1.82) is 0 Å². The van der Waals surface area contributed by atoms with Crippen LogP contribution in [0.5, 0.6) is 0 Å². The molecule has 0 aliphatic carbocycles. The fourth-order valence-electron chi connectivity index (χ4n) is 6.11. The molecule has 2 aromatic heterocycles. The van der Waals surface area contributed by atoms with Crippen molar-refractivity contribution < 1.29 is 0 Å². The first-order valence-corrected chi connectivity index (χ1v) is 16.4. The predicted octanol–water partition coefficient (Wildman–Crippen LogP) is 11.2. The van der Waals surface area contributed by atoms with Crippen molar-refractivity contribution in [2.45, 2.75) is 6.92 Å². The monoisotopic (exact) mass is 628 g/mol. The molecule has 0 N–H and O–H groups in total. The lowest BCUT2D eigenvalue weighted by atomic mass is 9.94. The fourth-order valence-corrected chi connectivity index (χ4v) is 6.11. The third-order valence-electron chi connectivity index (χ3n) is 8.57. The zero-order valence-corrected chi connectivity index (χ0v) is 27.0. The van der Waals surface area contributed by atoms with Crippen LogP contribution in [-0.2, 0) is 0 Å². The molecule has 0 radical (unpaired) electrons. The third kappa shape index (κ3) is 6.53. The summed E-state index contributed by atoms with van der Waals surface area (Å²) in [5, 5.41) is 0. The van der Waals surface area contributed by atoms with E-state index < -0.39 is 0 Å². The molecule has 2 heterocycles. The molecule has 0 saturated carbocycles. The maximum Gasteiger partial charge on any atom is 0.164 e. The Morgan fingerprint density at radius 3 is 1.08 bits per heavy atom. The average Bonchev–Trinajstić information content (AvgIpc) is 3.19. The second-order valence-corrected chi connectivity index (χ2v) is 12.0. The number of hydrogen-bond donors (Lipinski definition) is 0. The van der Waals surface area contributed by atoms with Crippen LogP contribution in [0, 0.1) is 6.92 Å². The Hall–Kier alpha value is -6.52. The minimum Gasteiger partial charge on any atom is -0.253 e. The highest BCUT2D eigenvalue weighted by molar-refractivity contribution is 5.81. The van der Waals surface area contributed by atoms with Gasteiger partial charge in [-0.15, -0.1) is 0 Å². The molecule has 4 heteroatoms. The van der Waals surface area contributed by atoms with Crippen molar-refractivity contribution in [3.63, 3.8) is 0 Å². The molecule has 8 rings (SSSR count). The van der Waals surface area contributed by atoms with E-state index in [0.29, 0.717) is 17.5 Å². The minimum atomic E-state index is 0.626. The van der Waals surface area contributed by atoms with Crippen molar-refractivity contribution in [2.24, 2.45) is 0 Å². The molecule has 49 heavy (non-hydrogen) atoms. The minimum absolute atomic E-state index is 0.626. The molecular formula is C45H32N4. The zero-order valence-electron chi connectivity index (χ0n) is 27.0. The van der Waals surface area contributed by atoms with Gasteiger partial charge in [0.1, 0.15) is 0 Å². The smallest absolute Gasteiger partial charge is 0.164 e. The molecule has 0 saturated heterocycles. The Bertz CT molecular complexity index is 2300. The van der Waals surface area contributed by atoms with Gasteiger partial charge in [0.05, 0.1) is 5.69 Å². The van der Waals surface area contributed by atoms with Crippen molar-refractivity contribution >= 4 is 0 Å². The number of nitrogens with zero attached hydrogens (tertiary/aromatic N) is 4. The first kappa shape index (κ1) is 29.9. The molecule has 4 nitrogen and oxygen atoms in total. The summed E-state index contributed by atoms with van der Waals surface area (Å²) in [6.07, 6.45) is 0. The molecule has 0 atom stereocenters. The van der Waals surface area contributed by atoms with E-state index in [1.807, 2.05) is 72.8 Å². The van der Waals surface area contributed by atoms with E-state index in [4.69, 9.17) is 19.9 Å². The summed E-state index contributed by atoms with van der Waals surface area (Å²) in [4.78, 5) is 19.9. The van der Waals surface area contributed by atoms with E-state index >= 15 is 0 Å². The number of pyridine rings is 1. The Balaban J connectivity index is 1.24. The molecule has 0 aliphatic heterocycles. The summed E-state index contributed by atoms with van der Waals surface area (Å²) in [6.45, 7) is 2.05. The highest BCUT2D eigenvalue weighted by atomic mass is 15.0. The Labute approximate surface area is 286 Å². The van der Waals surface area contributed by atoms with Gasteiger partial charge in [0.25, 0.3) is 0 Å². The van der Waals surface area contributed by atoms with E-state index in [2.05, 4.69) is 110 Å². The van der Waals surface area contributed by atoms with Crippen LogP contribution in [0.15, 0.2) is 176 Å². The van der Waals surface area contributed by atoms with Crippen LogP contribution in [0.3, 0.4) is 0 Å². The number of benzene rings is 6. The molecule has 6 aromatic carbocycles. The van der Waals surface area contributed by atoms with Gasteiger partial charge in [-0.3, -0.25) is 4.98 Å². The number of rotatable bonds is 7. The summed E-state index contributed by atoms with van der Waals surface area (Å²) in [5.74, 6) is 1.91. The van der Waals surface area contributed by atoms with Gasteiger partial charge >= 0.3 is 0 Å². The van der Waals surface area contributed by atoms with E-state index in [0.717, 1.165) is 61.5 Å². The van der Waals surface area contributed by atoms with Gasteiger partial charge in [0.2, 0.25) is 0 Å². The molecule has 0 unspecified atom stereocenters. The third-order valence-corrected chi connectivity index (χ3v) is 8.57. The van der Waals surface area contributed by atoms with E-state index in [9.17, 15) is 0 Å². The molecule has 0 bridgehead atoms. The number of aromatic nitrogens is 4. The number of hydrogen-bond acceptors (Lipinski definition) is 4. The highest BCUT2D eigenvalue weighted by Crippen LogP contribution is 2.34. The Kier molecular flexibility index (Phi) is 8.11. The van der Waals surface area contributed by atoms with Crippen LogP contribution in [0.1, 0.15) is 5.69 Å². The predicted molar refractivity (Wildman–Crippen MR) is 200 cm³/mol. The van der Waals surface area contributed by atoms with Gasteiger partial charge in [-0.1, -0.05) is 146 Å². The van der Waals surface area contributed by atoms with Crippen LogP contribution in [0.4, 0.5) is 0 Å². The van der Waals surface area contributed by atoms with Gasteiger partial charge in [-0.2, -0.15) is 0 Å². The lowest BCUT2D eigenvalue weighted by molar-refractivity contribution is 1.07. The SMILES string of the molecule is Cc1cc(-c2ccccc2)cc(-c2ccc(-c3cc(-c4ccccc4)cc(-c4nc(-c5ccccc5)nc(-c5ccccc5)n4)c3)cc2)n1. The average molecular weight is 629 g/mol. The van der Waals surface area contributed by atoms with Crippen LogP contribution in [0.25, 0.3) is 78.8 Å². The fraction of sp³-hybridized carbons (Fsp3) is 0.0222. The van der Waals surface area contributed by atoms with Gasteiger partial charge in [-0.25, -0.2) is 15.0 Å². The summed E-state index contributed by atoms with van der Waals surface area (Å²) in [5.41, 5.74) is 12.6. The topological polar surface area (TPSA) is 51.6 Å². The maximum atomic E-state index is 5.03. The molecule has 0 amide bonds. The van der Waals surface area contributed by atoms with Crippen LogP contribution >= 0.6 is 0 Å². The molecule has 0 spiro atoms. The van der Waals surface area contributed by atoms with E-state index in [1.165, 1.54) is 5.56 Å². The molecule has 0 aliphatic rings. The quantitative estimate of drug-likeness (QED) is 0.176. The lowest BCUT2D eigenvalue weighted by Crippen LogP contribution is -2.00. The normalized spacial score (nSPS) is 11.0. The van der Waals surface area contributed by atoms with Crippen molar-refractivity contribution in [3.8, 4) is 78.8 Å². The zero-order chi connectivity index (χ0) is 33.0. The molecule has 8 aromatic rings. The first-order chi connectivity index (χ1) is 24.2. The standard InChI is InChI=1S/C45H32N4/c1-31-26-38(32-14-6-2-7-15-32)30-42(46-31)35-24-22-34(23-25-35)40-27-39(33-16-8-3-9-17-33)28-41(29-40)45-48-43(36-18-10-4-11-19-36)47-44(49-45)37-20-12-5-13-21-37/h2-30H,1H3. The lowest BCUT2D eigenvalue weighted by Gasteiger charge is -2.13. The van der Waals surface area contributed by atoms with Gasteiger partial charge in [0, 0.05) is 27.9 Å². The molecule has 0 fully saturated rings. The largest absolute Gasteiger partial charge is 0.253 e. The molecular weight excluding hydrogens is 597 g/mol. The second-order valence-electron chi connectivity index (χ2n) is 12.0. The molecule has 232 valence electrons. The summed E-state index contributed by atoms with van der Waals surface area (Å²) in [7, 11) is 0. The summed E-state index contributed by atoms with van der Waals surface area (Å²) < 4.78 is 0. The second kappa shape index (κ2) is 13.3. The first-order valence-electron chi connectivity index (χ1n) is 16.4. The highest BCUT2D eigenvalue weighted by Gasteiger charge is 2.15. The van der Waals surface area contributed by atoms with Crippen molar-refractivity contribution in [3.05, 3.63) is 182 Å². The van der Waals surface area contributed by atoms with Crippen LogP contribution in [0.2, 0.25) is 0 Å². The maximum absolute atomic E-state index is 5.03. The van der Waals surface area contributed by atoms with Crippen molar-refractivity contribution in [2.75, 3.05) is 0 Å². The van der Waals surface area contributed by atoms with Gasteiger partial charge in [0.15, 0.2) is 17.5 Å². The van der Waals surface area contributed by atoms with Gasteiger partial charge < -0.3 is 0 Å². The van der Waals surface area contributed by atoms with Crippen LogP contribution in [-0.4, -0.2) is 19.9 Å². The number of aryl methyl sites for hydroxylation is 1. The van der Waals surface area contributed by atoms with Crippen molar-refractivity contribution in [1.82, 2.24) is 19.9 Å². The van der Waals surface area contributed by atoms with Crippen LogP contribution < -0.4 is 0 Å². The van der Waals surface area contributed by atoms with E-state index in [1.54, 1.807) is 0 Å². The summed E-state index contributed by atoms with van der Waals surface area (Å²) in [6, 6.07) is 60.6. The Morgan fingerprint density at radius 2 is 0.612 bits per heavy atom. The van der Waals surface area contributed by atoms with E-state index in [-0.39, 0.29) is 0 Å². The summed E-state index contributed by atoms with van der Waals surface area (Å²) >= 11 is 0. The Morgan fingerprint density at radius 1 is 0.265 bits per heavy atom. The van der Waals surface area contributed by atoms with Gasteiger partial charge in [-0.05, 0) is 70.6 Å².